The first-order valence-electron chi connectivity index (χ1n) is 5.58. The summed E-state index contributed by atoms with van der Waals surface area (Å²) in [5, 5.41) is 14.4. The van der Waals surface area contributed by atoms with Gasteiger partial charge in [-0.3, -0.25) is 16.0 Å². The van der Waals surface area contributed by atoms with Crippen molar-refractivity contribution < 1.29 is 17.9 Å². The normalized spacial score (nSPS) is 11.3. The fourth-order valence-electron chi connectivity index (χ4n) is 1.55. The summed E-state index contributed by atoms with van der Waals surface area (Å²) in [5.74, 6) is 5.45. The summed E-state index contributed by atoms with van der Waals surface area (Å²) >= 11 is 0. The number of nitrogens with one attached hydrogen (secondary N) is 2. The Hall–Kier alpha value is -2.50. The van der Waals surface area contributed by atoms with Crippen LogP contribution in [0.1, 0.15) is 5.76 Å². The molecule has 0 atom stereocenters. The number of nitrogen functional groups attached to an aromatic ring is 1. The van der Waals surface area contributed by atoms with Gasteiger partial charge in [0, 0.05) is 12.1 Å². The van der Waals surface area contributed by atoms with Crippen LogP contribution in [0.4, 0.5) is 11.4 Å². The summed E-state index contributed by atoms with van der Waals surface area (Å²) in [6.45, 7) is -0.181. The van der Waals surface area contributed by atoms with Gasteiger partial charge in [-0.05, 0) is 12.1 Å². The largest absolute Gasteiger partial charge is 0.360 e. The third-order valence-corrected chi connectivity index (χ3v) is 3.97. The Kier molecular flexibility index (Phi) is 4.16. The number of nitrogens with zero attached hydrogens (tertiary/aromatic N) is 2. The smallest absolute Gasteiger partial charge is 0.289 e. The number of anilines is 1. The van der Waals surface area contributed by atoms with Gasteiger partial charge in [-0.25, -0.2) is 13.1 Å². The third kappa shape index (κ3) is 3.34. The molecule has 21 heavy (non-hydrogen) atoms. The van der Waals surface area contributed by atoms with Crippen LogP contribution < -0.4 is 16.0 Å². The summed E-state index contributed by atoms with van der Waals surface area (Å²) < 4.78 is 31.3. The monoisotopic (exact) mass is 313 g/mol. The molecule has 0 aliphatic carbocycles. The molecule has 1 aromatic heterocycles. The van der Waals surface area contributed by atoms with Gasteiger partial charge in [0.2, 0.25) is 10.0 Å². The van der Waals surface area contributed by atoms with Crippen molar-refractivity contribution in [1.29, 1.82) is 0 Å². The molecule has 1 heterocycles. The number of sulfonamides is 1. The number of aromatic nitrogens is 1. The van der Waals surface area contributed by atoms with E-state index in [1.807, 2.05) is 0 Å². The highest BCUT2D eigenvalue weighted by Crippen LogP contribution is 2.26. The second-order valence-corrected chi connectivity index (χ2v) is 5.62. The molecule has 2 aromatic rings. The fraction of sp³-hybridized carbons (Fsp3) is 0.100. The van der Waals surface area contributed by atoms with Crippen LogP contribution in [0, 0.1) is 10.1 Å². The van der Waals surface area contributed by atoms with E-state index in [1.54, 1.807) is 0 Å². The van der Waals surface area contributed by atoms with Crippen molar-refractivity contribution in [2.45, 2.75) is 11.4 Å². The SMILES string of the molecule is NNc1ccc([N+](=O)[O-])c(S(=O)(=O)NCc2ccno2)c1. The Labute approximate surface area is 119 Å². The highest BCUT2D eigenvalue weighted by molar-refractivity contribution is 7.89. The average molecular weight is 313 g/mol. The maximum Gasteiger partial charge on any atom is 0.289 e. The molecule has 10 nitrogen and oxygen atoms in total. The van der Waals surface area contributed by atoms with Gasteiger partial charge in [0.15, 0.2) is 10.7 Å². The summed E-state index contributed by atoms with van der Waals surface area (Å²) in [6, 6.07) is 4.89. The van der Waals surface area contributed by atoms with Crippen LogP contribution in [-0.2, 0) is 16.6 Å². The fourth-order valence-corrected chi connectivity index (χ4v) is 2.73. The zero-order valence-corrected chi connectivity index (χ0v) is 11.3. The van der Waals surface area contributed by atoms with Crippen molar-refractivity contribution in [1.82, 2.24) is 9.88 Å². The van der Waals surface area contributed by atoms with E-state index < -0.39 is 25.5 Å². The quantitative estimate of drug-likeness (QED) is 0.392. The van der Waals surface area contributed by atoms with E-state index in [1.165, 1.54) is 18.3 Å². The molecule has 4 N–H and O–H groups in total. The number of nitrogens with two attached hydrogens (primary N) is 1. The predicted octanol–water partition coefficient (Wildman–Crippen LogP) is 0.347. The topological polar surface area (TPSA) is 153 Å². The van der Waals surface area contributed by atoms with Gasteiger partial charge < -0.3 is 9.95 Å². The molecule has 2 rings (SSSR count). The molecule has 0 amide bonds. The van der Waals surface area contributed by atoms with Gasteiger partial charge in [-0.1, -0.05) is 5.16 Å². The summed E-state index contributed by atoms with van der Waals surface area (Å²) in [4.78, 5) is 9.65. The molecular weight excluding hydrogens is 302 g/mol. The van der Waals surface area contributed by atoms with Crippen molar-refractivity contribution >= 4 is 21.4 Å². The maximum absolute atomic E-state index is 12.2. The van der Waals surface area contributed by atoms with Crippen LogP contribution in [0.15, 0.2) is 39.9 Å². The Bertz CT molecular complexity index is 743. The zero-order chi connectivity index (χ0) is 15.5. The van der Waals surface area contributed by atoms with E-state index in [0.29, 0.717) is 0 Å². The van der Waals surface area contributed by atoms with Gasteiger partial charge in [-0.15, -0.1) is 0 Å². The average Bonchev–Trinajstić information content (AvgIpc) is 2.98. The van der Waals surface area contributed by atoms with Crippen molar-refractivity contribution in [3.05, 3.63) is 46.3 Å². The van der Waals surface area contributed by atoms with Crippen molar-refractivity contribution in [2.75, 3.05) is 5.43 Å². The highest BCUT2D eigenvalue weighted by atomic mass is 32.2. The lowest BCUT2D eigenvalue weighted by Crippen LogP contribution is -2.24. The van der Waals surface area contributed by atoms with E-state index >= 15 is 0 Å². The number of hydrogen-bond acceptors (Lipinski definition) is 8. The molecular formula is C10H11N5O5S. The van der Waals surface area contributed by atoms with Gasteiger partial charge in [0.25, 0.3) is 5.69 Å². The third-order valence-electron chi connectivity index (χ3n) is 2.54. The summed E-state index contributed by atoms with van der Waals surface area (Å²) in [5.41, 5.74) is 1.90. The Morgan fingerprint density at radius 2 is 2.14 bits per heavy atom. The second kappa shape index (κ2) is 5.87. The molecule has 0 bridgehead atoms. The number of benzene rings is 1. The van der Waals surface area contributed by atoms with E-state index in [9.17, 15) is 18.5 Å². The number of nitro benzene ring substituents is 1. The lowest BCUT2D eigenvalue weighted by atomic mass is 10.3. The van der Waals surface area contributed by atoms with Gasteiger partial charge in [0.05, 0.1) is 23.4 Å². The van der Waals surface area contributed by atoms with E-state index in [-0.39, 0.29) is 18.0 Å². The molecule has 0 radical (unpaired) electrons. The minimum atomic E-state index is -4.12. The number of hydrogen-bond donors (Lipinski definition) is 3. The van der Waals surface area contributed by atoms with Crippen LogP contribution >= 0.6 is 0 Å². The first-order chi connectivity index (χ1) is 9.94. The predicted molar refractivity (Wildman–Crippen MR) is 71.4 cm³/mol. The van der Waals surface area contributed by atoms with Crippen molar-refractivity contribution in [3.63, 3.8) is 0 Å². The standard InChI is InChI=1S/C10H11N5O5S/c11-14-7-1-2-9(15(16)17)10(5-7)21(18,19)13-6-8-3-4-12-20-8/h1-5,13-14H,6,11H2. The van der Waals surface area contributed by atoms with Crippen LogP contribution in [0.5, 0.6) is 0 Å². The Morgan fingerprint density at radius 3 is 2.71 bits per heavy atom. The van der Waals surface area contributed by atoms with Crippen molar-refractivity contribution in [2.24, 2.45) is 5.84 Å². The zero-order valence-electron chi connectivity index (χ0n) is 10.5. The Balaban J connectivity index is 2.35. The van der Waals surface area contributed by atoms with Crippen LogP contribution in [-0.4, -0.2) is 18.5 Å². The maximum atomic E-state index is 12.2. The number of rotatable bonds is 6. The molecule has 0 saturated carbocycles. The molecule has 112 valence electrons. The van der Waals surface area contributed by atoms with Gasteiger partial charge in [-0.2, -0.15) is 0 Å². The second-order valence-electron chi connectivity index (χ2n) is 3.89. The minimum absolute atomic E-state index is 0.181. The minimum Gasteiger partial charge on any atom is -0.360 e. The first kappa shape index (κ1) is 14.9. The molecule has 0 aliphatic rings. The van der Waals surface area contributed by atoms with Crippen molar-refractivity contribution in [3.8, 4) is 0 Å². The molecule has 0 fully saturated rings. The van der Waals surface area contributed by atoms with Gasteiger partial charge in [0.1, 0.15) is 0 Å². The van der Waals surface area contributed by atoms with Crippen LogP contribution in [0.2, 0.25) is 0 Å². The molecule has 0 spiro atoms. The van der Waals surface area contributed by atoms with E-state index in [2.05, 4.69) is 15.3 Å². The summed E-state index contributed by atoms with van der Waals surface area (Å²) in [6.07, 6.45) is 1.35. The number of nitro groups is 1. The number of hydrazine groups is 1. The first-order valence-corrected chi connectivity index (χ1v) is 7.06. The lowest BCUT2D eigenvalue weighted by Gasteiger charge is -2.08. The molecule has 0 saturated heterocycles. The van der Waals surface area contributed by atoms with E-state index in [0.717, 1.165) is 12.1 Å². The lowest BCUT2D eigenvalue weighted by molar-refractivity contribution is -0.387. The molecule has 1 aromatic carbocycles. The summed E-state index contributed by atoms with van der Waals surface area (Å²) in [7, 11) is -4.12. The highest BCUT2D eigenvalue weighted by Gasteiger charge is 2.26. The van der Waals surface area contributed by atoms with Crippen LogP contribution in [0.3, 0.4) is 0 Å². The van der Waals surface area contributed by atoms with Gasteiger partial charge >= 0.3 is 0 Å². The van der Waals surface area contributed by atoms with E-state index in [4.69, 9.17) is 10.4 Å². The van der Waals surface area contributed by atoms with Crippen LogP contribution in [0.25, 0.3) is 0 Å². The molecule has 11 heteroatoms. The Morgan fingerprint density at radius 1 is 1.38 bits per heavy atom. The molecule has 0 unspecified atom stereocenters. The molecule has 0 aliphatic heterocycles.